The molecule has 0 saturated heterocycles. The van der Waals surface area contributed by atoms with Crippen molar-refractivity contribution in [1.29, 1.82) is 0 Å². The lowest BCUT2D eigenvalue weighted by Crippen LogP contribution is -2.39. The summed E-state index contributed by atoms with van der Waals surface area (Å²) in [5, 5.41) is 0. The Bertz CT molecular complexity index is 1070. The first-order chi connectivity index (χ1) is 14.5. The van der Waals surface area contributed by atoms with Gasteiger partial charge in [-0.3, -0.25) is 24.4 Å². The Morgan fingerprint density at radius 3 is 2.73 bits per heavy atom. The summed E-state index contributed by atoms with van der Waals surface area (Å²) in [6.07, 6.45) is 2.56. The second-order valence-electron chi connectivity index (χ2n) is 7.58. The Morgan fingerprint density at radius 1 is 1.13 bits per heavy atom. The number of ether oxygens (including phenoxy) is 1. The molecule has 0 radical (unpaired) electrons. The molecule has 0 N–H and O–H groups in total. The van der Waals surface area contributed by atoms with Crippen molar-refractivity contribution in [2.24, 2.45) is 0 Å². The van der Waals surface area contributed by atoms with Crippen LogP contribution in [-0.2, 0) is 16.1 Å². The number of fused-ring (bicyclic) bond motifs is 1. The van der Waals surface area contributed by atoms with Gasteiger partial charge in [0, 0.05) is 17.8 Å². The van der Waals surface area contributed by atoms with Gasteiger partial charge in [-0.05, 0) is 49.5 Å². The molecule has 154 valence electrons. The van der Waals surface area contributed by atoms with Crippen molar-refractivity contribution in [3.05, 3.63) is 59.2 Å². The molecule has 1 aliphatic carbocycles. The van der Waals surface area contributed by atoms with Crippen molar-refractivity contribution in [1.82, 2.24) is 4.98 Å². The van der Waals surface area contributed by atoms with Gasteiger partial charge < -0.3 is 4.74 Å². The van der Waals surface area contributed by atoms with Gasteiger partial charge in [0.1, 0.15) is 5.75 Å². The van der Waals surface area contributed by atoms with Gasteiger partial charge in [0.15, 0.2) is 12.4 Å². The first-order valence-corrected chi connectivity index (χ1v) is 9.91. The number of pyridine rings is 1. The van der Waals surface area contributed by atoms with E-state index in [0.717, 1.165) is 23.8 Å². The molecule has 1 aromatic heterocycles. The predicted molar refractivity (Wildman–Crippen MR) is 105 cm³/mol. The maximum atomic E-state index is 15.2. The number of benzene rings is 1. The minimum atomic E-state index is -1.69. The van der Waals surface area contributed by atoms with Crippen LogP contribution in [0.4, 0.5) is 20.2 Å². The van der Waals surface area contributed by atoms with Crippen molar-refractivity contribution in [3.63, 3.8) is 0 Å². The molecular formula is C22H19F2N3O3. The normalized spacial score (nSPS) is 20.9. The Hall–Kier alpha value is -3.29. The van der Waals surface area contributed by atoms with Crippen molar-refractivity contribution < 1.29 is 23.1 Å². The van der Waals surface area contributed by atoms with E-state index in [9.17, 15) is 14.0 Å². The lowest BCUT2D eigenvalue weighted by molar-refractivity contribution is -0.121. The third kappa shape index (κ3) is 2.94. The summed E-state index contributed by atoms with van der Waals surface area (Å²) in [5.74, 6) is -1.42. The zero-order valence-electron chi connectivity index (χ0n) is 16.1. The van der Waals surface area contributed by atoms with Gasteiger partial charge in [-0.1, -0.05) is 6.07 Å². The number of alkyl halides is 1. The zero-order valence-corrected chi connectivity index (χ0v) is 16.1. The number of halogens is 2. The van der Waals surface area contributed by atoms with Gasteiger partial charge in [-0.25, -0.2) is 8.78 Å². The lowest BCUT2D eigenvalue weighted by Gasteiger charge is -2.31. The molecule has 2 aromatic rings. The monoisotopic (exact) mass is 411 g/mol. The van der Waals surface area contributed by atoms with Crippen LogP contribution in [0.3, 0.4) is 0 Å². The molecule has 2 aliphatic heterocycles. The highest BCUT2D eigenvalue weighted by Crippen LogP contribution is 2.44. The molecule has 1 atom stereocenters. The van der Waals surface area contributed by atoms with Crippen molar-refractivity contribution in [2.45, 2.75) is 38.5 Å². The quantitative estimate of drug-likeness (QED) is 0.724. The van der Waals surface area contributed by atoms with Crippen LogP contribution in [0.1, 0.15) is 31.4 Å². The van der Waals surface area contributed by atoms with Crippen LogP contribution in [0.15, 0.2) is 47.7 Å². The van der Waals surface area contributed by atoms with Crippen LogP contribution in [0.25, 0.3) is 0 Å². The molecule has 8 heteroatoms. The number of hydrogen-bond acceptors (Lipinski definition) is 4. The number of hydrogen-bond donors (Lipinski definition) is 0. The highest BCUT2D eigenvalue weighted by Gasteiger charge is 2.42. The summed E-state index contributed by atoms with van der Waals surface area (Å²) in [6, 6.07) is 7.78. The minimum absolute atomic E-state index is 0.156. The van der Waals surface area contributed by atoms with Crippen molar-refractivity contribution in [2.75, 3.05) is 16.4 Å². The van der Waals surface area contributed by atoms with E-state index >= 15 is 4.39 Å². The van der Waals surface area contributed by atoms with Gasteiger partial charge in [-0.2, -0.15) is 0 Å². The number of carbonyl (C=O) groups is 2. The first kappa shape index (κ1) is 18.7. The Morgan fingerprint density at radius 2 is 1.97 bits per heavy atom. The highest BCUT2D eigenvalue weighted by molar-refractivity contribution is 6.10. The summed E-state index contributed by atoms with van der Waals surface area (Å²) in [7, 11) is 0. The smallest absolute Gasteiger partial charge is 0.265 e. The largest absolute Gasteiger partial charge is 0.481 e. The topological polar surface area (TPSA) is 62.7 Å². The average molecular weight is 411 g/mol. The first-order valence-electron chi connectivity index (χ1n) is 9.91. The molecule has 1 aromatic carbocycles. The average Bonchev–Trinajstić information content (AvgIpc) is 3.01. The third-order valence-corrected chi connectivity index (χ3v) is 5.78. The molecule has 0 bridgehead atoms. The summed E-state index contributed by atoms with van der Waals surface area (Å²) in [6.45, 7) is -0.0777. The van der Waals surface area contributed by atoms with Crippen LogP contribution in [0, 0.1) is 5.82 Å². The third-order valence-electron chi connectivity index (χ3n) is 5.78. The van der Waals surface area contributed by atoms with Crippen LogP contribution in [0.5, 0.6) is 5.75 Å². The molecule has 3 heterocycles. The van der Waals surface area contributed by atoms with E-state index in [1.54, 1.807) is 24.4 Å². The van der Waals surface area contributed by atoms with E-state index in [0.29, 0.717) is 29.7 Å². The Kier molecular flexibility index (Phi) is 4.49. The van der Waals surface area contributed by atoms with Crippen LogP contribution in [-0.4, -0.2) is 29.7 Å². The molecule has 30 heavy (non-hydrogen) atoms. The molecule has 6 nitrogen and oxygen atoms in total. The van der Waals surface area contributed by atoms with Gasteiger partial charge >= 0.3 is 0 Å². The number of aromatic nitrogens is 1. The Labute approximate surface area is 171 Å². The molecule has 0 fully saturated rings. The number of anilines is 2. The van der Waals surface area contributed by atoms with E-state index in [1.807, 2.05) is 0 Å². The van der Waals surface area contributed by atoms with Crippen molar-refractivity contribution in [3.8, 4) is 5.75 Å². The second-order valence-corrected chi connectivity index (χ2v) is 7.58. The minimum Gasteiger partial charge on any atom is -0.481 e. The SMILES string of the molecule is O=C1COc2cc(F)c(N3C(=O)C4=C(CCCC4)C3F)cc2N1Cc1ccccn1. The molecule has 0 saturated carbocycles. The van der Waals surface area contributed by atoms with E-state index in [2.05, 4.69) is 4.98 Å². The van der Waals surface area contributed by atoms with Gasteiger partial charge in [-0.15, -0.1) is 0 Å². The van der Waals surface area contributed by atoms with Crippen LogP contribution < -0.4 is 14.5 Å². The molecule has 5 rings (SSSR count). The predicted octanol–water partition coefficient (Wildman–Crippen LogP) is 3.66. The van der Waals surface area contributed by atoms with Crippen LogP contribution >= 0.6 is 0 Å². The summed E-state index contributed by atoms with van der Waals surface area (Å²) < 4.78 is 35.5. The lowest BCUT2D eigenvalue weighted by atomic mass is 9.93. The summed E-state index contributed by atoms with van der Waals surface area (Å²) >= 11 is 0. The van der Waals surface area contributed by atoms with Gasteiger partial charge in [0.25, 0.3) is 11.8 Å². The Balaban J connectivity index is 1.54. The molecule has 2 amide bonds. The van der Waals surface area contributed by atoms with Gasteiger partial charge in [0.05, 0.1) is 23.6 Å². The van der Waals surface area contributed by atoms with E-state index < -0.39 is 18.0 Å². The molecular weight excluding hydrogens is 392 g/mol. The van der Waals surface area contributed by atoms with Crippen LogP contribution in [0.2, 0.25) is 0 Å². The fourth-order valence-corrected chi connectivity index (χ4v) is 4.29. The standard InChI is InChI=1S/C22H19F2N3O3/c23-16-9-19-18(26(20(28)12-30-19)11-13-5-3-4-8-25-13)10-17(16)27-21(24)14-6-1-2-7-15(14)22(27)29/h3-5,8-10,21H,1-2,6-7,11-12H2. The van der Waals surface area contributed by atoms with E-state index in [-0.39, 0.29) is 36.2 Å². The number of nitrogens with zero attached hydrogens (tertiary/aromatic N) is 3. The fourth-order valence-electron chi connectivity index (χ4n) is 4.29. The molecule has 0 spiro atoms. The highest BCUT2D eigenvalue weighted by atomic mass is 19.1. The number of amides is 2. The molecule has 1 unspecified atom stereocenters. The molecule has 3 aliphatic rings. The summed E-state index contributed by atoms with van der Waals surface area (Å²) in [5.41, 5.74) is 1.63. The fraction of sp³-hybridized carbons (Fsp3) is 0.318. The van der Waals surface area contributed by atoms with Crippen molar-refractivity contribution >= 4 is 23.2 Å². The number of carbonyl (C=O) groups excluding carboxylic acids is 2. The summed E-state index contributed by atoms with van der Waals surface area (Å²) in [4.78, 5) is 31.9. The van der Waals surface area contributed by atoms with E-state index in [4.69, 9.17) is 4.74 Å². The maximum absolute atomic E-state index is 15.2. The second kappa shape index (κ2) is 7.19. The number of rotatable bonds is 3. The zero-order chi connectivity index (χ0) is 20.8. The van der Waals surface area contributed by atoms with E-state index in [1.165, 1.54) is 11.0 Å². The van der Waals surface area contributed by atoms with Gasteiger partial charge in [0.2, 0.25) is 6.30 Å². The maximum Gasteiger partial charge on any atom is 0.265 e.